The zero-order chi connectivity index (χ0) is 27.3. The summed E-state index contributed by atoms with van der Waals surface area (Å²) in [4.78, 5) is 31.3. The van der Waals surface area contributed by atoms with E-state index in [1.54, 1.807) is 0 Å². The third kappa shape index (κ3) is 8.99. The van der Waals surface area contributed by atoms with Crippen LogP contribution >= 0.6 is 17.2 Å². The highest BCUT2D eigenvalue weighted by Crippen LogP contribution is 2.46. The largest absolute Gasteiger partial charge is 0.395 e. The van der Waals surface area contributed by atoms with Crippen molar-refractivity contribution in [2.45, 2.75) is 84.7 Å². The van der Waals surface area contributed by atoms with E-state index >= 15 is 0 Å². The van der Waals surface area contributed by atoms with Gasteiger partial charge in [-0.3, -0.25) is 0 Å². The first-order chi connectivity index (χ1) is 15.2. The predicted molar refractivity (Wildman–Crippen MR) is 135 cm³/mol. The second kappa shape index (κ2) is 12.8. The highest BCUT2D eigenvalue weighted by Gasteiger charge is 2.42. The van der Waals surface area contributed by atoms with Crippen molar-refractivity contribution in [3.05, 3.63) is 34.4 Å². The molecule has 0 amide bonds. The zero-order valence-corrected chi connectivity index (χ0v) is 23.5. The van der Waals surface area contributed by atoms with Crippen LogP contribution in [0.15, 0.2) is 12.1 Å². The van der Waals surface area contributed by atoms with Gasteiger partial charge in [-0.1, -0.05) is 74.4 Å². The van der Waals surface area contributed by atoms with Crippen molar-refractivity contribution in [2.24, 2.45) is 5.41 Å². The molecule has 1 aromatic rings. The molecular formula is C23H44O9P2. The Kier molecular flexibility index (Phi) is 12.7. The van der Waals surface area contributed by atoms with Crippen molar-refractivity contribution in [3.8, 4) is 0 Å². The molecule has 0 aliphatic rings. The van der Waals surface area contributed by atoms with Crippen LogP contribution in [0.25, 0.3) is 0 Å². The molecule has 0 aliphatic carbocycles. The molecule has 0 saturated heterocycles. The molecule has 1 rings (SSSR count). The van der Waals surface area contributed by atoms with Gasteiger partial charge in [0.05, 0.1) is 31.3 Å². The molecule has 1 aromatic carbocycles. The Bertz CT molecular complexity index is 745. The van der Waals surface area contributed by atoms with E-state index in [-0.39, 0.29) is 16.2 Å². The molecule has 1 unspecified atom stereocenters. The Labute approximate surface area is 206 Å². The van der Waals surface area contributed by atoms with Crippen LogP contribution in [-0.2, 0) is 20.6 Å². The number of rotatable bonds is 7. The summed E-state index contributed by atoms with van der Waals surface area (Å²) >= 11 is 0. The van der Waals surface area contributed by atoms with Crippen LogP contribution in [0, 0.1) is 5.41 Å². The topological polar surface area (TPSA) is 171 Å². The average Bonchev–Trinajstić information content (AvgIpc) is 2.65. The predicted octanol–water partition coefficient (Wildman–Crippen LogP) is 3.00. The lowest BCUT2D eigenvalue weighted by molar-refractivity contribution is -0.0858. The first-order valence-electron chi connectivity index (χ1n) is 10.9. The third-order valence-corrected chi connectivity index (χ3v) is 6.68. The fraction of sp³-hybridized carbons (Fsp3) is 0.739. The van der Waals surface area contributed by atoms with Gasteiger partial charge in [-0.05, 0) is 38.5 Å². The number of hydrogen-bond donors (Lipinski definition) is 8. The summed E-state index contributed by atoms with van der Waals surface area (Å²) in [7, 11) is -5.22. The maximum Gasteiger partial charge on any atom is 0.334 e. The number of aliphatic hydroxyl groups is 4. The smallest absolute Gasteiger partial charge is 0.334 e. The standard InChI is InChI=1S/C23H40O4.H4O5P2/c1-20(2,3)16-11-10-15(19(27)23(12-24,13-25)14-26)17(21(4,5)6)18(16)22(7,8)9;1-6(2)5-7(3)4/h10-11,19,24-27H,12-14H2,1-9H3;1-4H. The van der Waals surface area contributed by atoms with Crippen molar-refractivity contribution in [1.29, 1.82) is 0 Å². The summed E-state index contributed by atoms with van der Waals surface area (Å²) < 4.78 is 3.60. The van der Waals surface area contributed by atoms with Crippen LogP contribution in [0.2, 0.25) is 0 Å². The summed E-state index contributed by atoms with van der Waals surface area (Å²) in [5.74, 6) is 0. The Balaban J connectivity index is 0.00000135. The van der Waals surface area contributed by atoms with E-state index in [1.807, 2.05) is 12.1 Å². The highest BCUT2D eigenvalue weighted by molar-refractivity contribution is 7.53. The lowest BCUT2D eigenvalue weighted by Gasteiger charge is -2.41. The molecule has 9 nitrogen and oxygen atoms in total. The van der Waals surface area contributed by atoms with Crippen molar-refractivity contribution >= 4 is 17.2 Å². The quantitative estimate of drug-likeness (QED) is 0.249. The molecule has 200 valence electrons. The Morgan fingerprint density at radius 3 is 1.29 bits per heavy atom. The fourth-order valence-electron chi connectivity index (χ4n) is 3.86. The Morgan fingerprint density at radius 2 is 1.06 bits per heavy atom. The Hall–Kier alpha value is -0.280. The zero-order valence-electron chi connectivity index (χ0n) is 21.7. The van der Waals surface area contributed by atoms with E-state index in [4.69, 9.17) is 19.6 Å². The lowest BCUT2D eigenvalue weighted by Crippen LogP contribution is -2.41. The van der Waals surface area contributed by atoms with E-state index in [0.717, 1.165) is 5.56 Å². The van der Waals surface area contributed by atoms with Gasteiger partial charge >= 0.3 is 17.2 Å². The minimum atomic E-state index is -2.61. The van der Waals surface area contributed by atoms with Gasteiger partial charge in [0.25, 0.3) is 0 Å². The maximum absolute atomic E-state index is 11.2. The molecular weight excluding hydrogens is 482 g/mol. The van der Waals surface area contributed by atoms with Crippen molar-refractivity contribution in [1.82, 2.24) is 0 Å². The van der Waals surface area contributed by atoms with E-state index in [9.17, 15) is 20.4 Å². The monoisotopic (exact) mass is 526 g/mol. The molecule has 0 spiro atoms. The van der Waals surface area contributed by atoms with Crippen molar-refractivity contribution in [3.63, 3.8) is 0 Å². The molecule has 34 heavy (non-hydrogen) atoms. The number of benzene rings is 1. The van der Waals surface area contributed by atoms with E-state index < -0.39 is 48.5 Å². The molecule has 0 saturated carbocycles. The van der Waals surface area contributed by atoms with E-state index in [2.05, 4.69) is 66.6 Å². The first-order valence-corrected chi connectivity index (χ1v) is 13.3. The first kappa shape index (κ1) is 33.7. The summed E-state index contributed by atoms with van der Waals surface area (Å²) in [6.07, 6.45) is -1.18. The molecule has 8 N–H and O–H groups in total. The molecule has 1 atom stereocenters. The summed E-state index contributed by atoms with van der Waals surface area (Å²) in [6.45, 7) is 17.9. The molecule has 0 heterocycles. The summed E-state index contributed by atoms with van der Waals surface area (Å²) in [6, 6.07) is 3.95. The average molecular weight is 527 g/mol. The molecule has 0 aliphatic heterocycles. The second-order valence-corrected chi connectivity index (χ2v) is 13.2. The summed E-state index contributed by atoms with van der Waals surface area (Å²) in [5.41, 5.74) is 2.19. The van der Waals surface area contributed by atoms with Gasteiger partial charge in [0.15, 0.2) is 0 Å². The van der Waals surface area contributed by atoms with E-state index in [1.165, 1.54) is 11.1 Å². The van der Waals surface area contributed by atoms with Gasteiger partial charge < -0.3 is 40.0 Å². The van der Waals surface area contributed by atoms with Crippen LogP contribution in [0.1, 0.15) is 90.7 Å². The van der Waals surface area contributed by atoms with Gasteiger partial charge in [-0.25, -0.2) is 4.31 Å². The third-order valence-electron chi connectivity index (χ3n) is 5.51. The van der Waals surface area contributed by atoms with Crippen LogP contribution in [0.5, 0.6) is 0 Å². The van der Waals surface area contributed by atoms with Crippen LogP contribution in [0.4, 0.5) is 0 Å². The molecule has 0 radical (unpaired) electrons. The van der Waals surface area contributed by atoms with Gasteiger partial charge in [-0.15, -0.1) is 0 Å². The van der Waals surface area contributed by atoms with Gasteiger partial charge in [-0.2, -0.15) is 0 Å². The summed E-state index contributed by atoms with van der Waals surface area (Å²) in [5, 5.41) is 40.7. The molecule has 0 fully saturated rings. The van der Waals surface area contributed by atoms with Crippen LogP contribution < -0.4 is 0 Å². The molecule has 0 bridgehead atoms. The van der Waals surface area contributed by atoms with E-state index in [0.29, 0.717) is 5.56 Å². The molecule has 11 heteroatoms. The van der Waals surface area contributed by atoms with Crippen molar-refractivity contribution < 1.29 is 44.3 Å². The SMILES string of the molecule is CC(C)(C)c1ccc(C(O)C(CO)(CO)CO)c(C(C)(C)C)c1C(C)(C)C.OP(O)OP(O)O. The molecule has 0 aromatic heterocycles. The minimum Gasteiger partial charge on any atom is -0.395 e. The lowest BCUT2D eigenvalue weighted by atomic mass is 9.65. The second-order valence-electron chi connectivity index (χ2n) is 11.5. The normalized spacial score (nSPS) is 14.3. The van der Waals surface area contributed by atoms with Crippen molar-refractivity contribution in [2.75, 3.05) is 19.8 Å². The van der Waals surface area contributed by atoms with Gasteiger partial charge in [0.2, 0.25) is 0 Å². The minimum absolute atomic E-state index is 0.0753. The number of hydrogen-bond acceptors (Lipinski definition) is 9. The fourth-order valence-corrected chi connectivity index (χ4v) is 4.39. The van der Waals surface area contributed by atoms with Gasteiger partial charge in [0, 0.05) is 0 Å². The highest BCUT2D eigenvalue weighted by atomic mass is 31.2. The number of aliphatic hydroxyl groups excluding tert-OH is 4. The van der Waals surface area contributed by atoms with Crippen LogP contribution in [0.3, 0.4) is 0 Å². The maximum atomic E-state index is 11.2. The Morgan fingerprint density at radius 1 is 0.676 bits per heavy atom. The van der Waals surface area contributed by atoms with Gasteiger partial charge in [0.1, 0.15) is 0 Å². The van der Waals surface area contributed by atoms with Crippen LogP contribution in [-0.4, -0.2) is 59.8 Å².